The largest absolute Gasteiger partial charge is 0.0988 e. The van der Waals surface area contributed by atoms with Crippen molar-refractivity contribution in [1.82, 2.24) is 0 Å². The zero-order valence-corrected chi connectivity index (χ0v) is 8.19. The molecule has 0 aromatic rings. The van der Waals surface area contributed by atoms with Gasteiger partial charge in [0.05, 0.1) is 0 Å². The van der Waals surface area contributed by atoms with Crippen molar-refractivity contribution in [2.45, 2.75) is 39.5 Å². The van der Waals surface area contributed by atoms with Gasteiger partial charge in [-0.25, -0.2) is 0 Å². The van der Waals surface area contributed by atoms with E-state index in [4.69, 9.17) is 0 Å². The topological polar surface area (TPSA) is 0 Å². The van der Waals surface area contributed by atoms with Crippen molar-refractivity contribution in [1.29, 1.82) is 0 Å². The van der Waals surface area contributed by atoms with Gasteiger partial charge in [-0.3, -0.25) is 0 Å². The fourth-order valence-electron chi connectivity index (χ4n) is 1.58. The summed E-state index contributed by atoms with van der Waals surface area (Å²) in [5.41, 5.74) is 4.64. The summed E-state index contributed by atoms with van der Waals surface area (Å²) in [6, 6.07) is 0. The molecule has 0 N–H and O–H groups in total. The van der Waals surface area contributed by atoms with Gasteiger partial charge in [-0.2, -0.15) is 0 Å². The van der Waals surface area contributed by atoms with Gasteiger partial charge >= 0.3 is 0 Å². The Bertz CT molecular complexity index is 228. The summed E-state index contributed by atoms with van der Waals surface area (Å²) in [7, 11) is 0. The lowest BCUT2D eigenvalue weighted by atomic mass is 9.91. The van der Waals surface area contributed by atoms with Crippen molar-refractivity contribution in [2.75, 3.05) is 0 Å². The number of hydrogen-bond donors (Lipinski definition) is 0. The highest BCUT2D eigenvalue weighted by molar-refractivity contribution is 5.27. The Morgan fingerprint density at radius 3 is 2.75 bits per heavy atom. The average Bonchev–Trinajstić information content (AvgIpc) is 2.17. The zero-order valence-electron chi connectivity index (χ0n) is 8.19. The molecule has 0 nitrogen and oxygen atoms in total. The minimum atomic E-state index is 1.15. The molecule has 12 heavy (non-hydrogen) atoms. The van der Waals surface area contributed by atoms with Crippen LogP contribution in [0.5, 0.6) is 0 Å². The Morgan fingerprint density at radius 1 is 1.58 bits per heavy atom. The minimum absolute atomic E-state index is 1.15. The highest BCUT2D eigenvalue weighted by Crippen LogP contribution is 2.26. The molecule has 0 aliphatic heterocycles. The van der Waals surface area contributed by atoms with E-state index in [2.05, 4.69) is 26.5 Å². The van der Waals surface area contributed by atoms with E-state index in [9.17, 15) is 0 Å². The fraction of sp³-hybridized carbons (Fsp3) is 0.500. The number of hydrogen-bond acceptors (Lipinski definition) is 0. The van der Waals surface area contributed by atoms with Crippen molar-refractivity contribution in [3.8, 4) is 0 Å². The van der Waals surface area contributed by atoms with E-state index in [0.717, 1.165) is 6.42 Å². The lowest BCUT2D eigenvalue weighted by Crippen LogP contribution is -1.95. The molecule has 0 aromatic heterocycles. The Kier molecular flexibility index (Phi) is 3.33. The van der Waals surface area contributed by atoms with E-state index >= 15 is 0 Å². The molecule has 0 saturated carbocycles. The smallest absolute Gasteiger partial charge is 0.0130 e. The molecular formula is C12H18. The van der Waals surface area contributed by atoms with Crippen LogP contribution in [-0.4, -0.2) is 0 Å². The van der Waals surface area contributed by atoms with Crippen LogP contribution in [0.3, 0.4) is 0 Å². The zero-order chi connectivity index (χ0) is 8.97. The first kappa shape index (κ1) is 9.31. The predicted molar refractivity (Wildman–Crippen MR) is 55.1 cm³/mol. The van der Waals surface area contributed by atoms with Crippen LogP contribution in [0.2, 0.25) is 0 Å². The normalized spacial score (nSPS) is 21.7. The first-order chi connectivity index (χ1) is 5.77. The summed E-state index contributed by atoms with van der Waals surface area (Å²) in [4.78, 5) is 0. The van der Waals surface area contributed by atoms with Gasteiger partial charge in [-0.15, -0.1) is 0 Å². The Balaban J connectivity index is 2.68. The predicted octanol–water partition coefficient (Wildman–Crippen LogP) is 4.01. The summed E-state index contributed by atoms with van der Waals surface area (Å²) in [5, 5.41) is 0. The van der Waals surface area contributed by atoms with Crippen molar-refractivity contribution in [3.05, 3.63) is 35.5 Å². The summed E-state index contributed by atoms with van der Waals surface area (Å²) >= 11 is 0. The second kappa shape index (κ2) is 4.30. The van der Waals surface area contributed by atoms with Gasteiger partial charge in [-0.05, 0) is 32.6 Å². The van der Waals surface area contributed by atoms with E-state index in [0.29, 0.717) is 0 Å². The van der Waals surface area contributed by atoms with Crippen LogP contribution in [0.1, 0.15) is 39.5 Å². The Hall–Kier alpha value is -0.780. The van der Waals surface area contributed by atoms with Crippen LogP contribution in [0.4, 0.5) is 0 Å². The van der Waals surface area contributed by atoms with Gasteiger partial charge in [0.25, 0.3) is 0 Å². The molecule has 0 atom stereocenters. The lowest BCUT2D eigenvalue weighted by Gasteiger charge is -2.15. The second-order valence-corrected chi connectivity index (χ2v) is 3.42. The van der Waals surface area contributed by atoms with Crippen LogP contribution in [0.25, 0.3) is 0 Å². The molecule has 0 radical (unpaired) electrons. The highest BCUT2D eigenvalue weighted by atomic mass is 14.1. The third-order valence-electron chi connectivity index (χ3n) is 2.72. The number of allylic oxidation sites excluding steroid dienone is 5. The molecule has 0 unspecified atom stereocenters. The SMILES string of the molecule is C=CC1=CC/C(=C(\C)CC)CC1. The Morgan fingerprint density at radius 2 is 2.33 bits per heavy atom. The van der Waals surface area contributed by atoms with Crippen LogP contribution in [0.15, 0.2) is 35.5 Å². The van der Waals surface area contributed by atoms with Crippen LogP contribution in [0, 0.1) is 0 Å². The lowest BCUT2D eigenvalue weighted by molar-refractivity contribution is 0.836. The molecule has 0 heteroatoms. The molecule has 0 heterocycles. The van der Waals surface area contributed by atoms with Gasteiger partial charge in [0.1, 0.15) is 0 Å². The molecule has 0 saturated heterocycles. The summed E-state index contributed by atoms with van der Waals surface area (Å²) in [5.74, 6) is 0. The maximum absolute atomic E-state index is 3.79. The molecule has 66 valence electrons. The molecular weight excluding hydrogens is 144 g/mol. The average molecular weight is 162 g/mol. The maximum Gasteiger partial charge on any atom is -0.0130 e. The summed E-state index contributed by atoms with van der Waals surface area (Å²) in [6.07, 6.45) is 9.09. The molecule has 0 spiro atoms. The molecule has 0 fully saturated rings. The summed E-state index contributed by atoms with van der Waals surface area (Å²) < 4.78 is 0. The van der Waals surface area contributed by atoms with Gasteiger partial charge in [-0.1, -0.05) is 42.4 Å². The third kappa shape index (κ3) is 2.10. The van der Waals surface area contributed by atoms with E-state index < -0.39 is 0 Å². The molecule has 1 rings (SSSR count). The molecule has 0 amide bonds. The minimum Gasteiger partial charge on any atom is -0.0988 e. The first-order valence-corrected chi connectivity index (χ1v) is 4.77. The third-order valence-corrected chi connectivity index (χ3v) is 2.72. The molecule has 0 bridgehead atoms. The van der Waals surface area contributed by atoms with E-state index in [1.165, 1.54) is 24.8 Å². The molecule has 1 aliphatic carbocycles. The second-order valence-electron chi connectivity index (χ2n) is 3.42. The van der Waals surface area contributed by atoms with Crippen LogP contribution in [-0.2, 0) is 0 Å². The van der Waals surface area contributed by atoms with Crippen molar-refractivity contribution in [3.63, 3.8) is 0 Å². The van der Waals surface area contributed by atoms with Crippen molar-refractivity contribution in [2.24, 2.45) is 0 Å². The van der Waals surface area contributed by atoms with Crippen molar-refractivity contribution < 1.29 is 0 Å². The first-order valence-electron chi connectivity index (χ1n) is 4.77. The van der Waals surface area contributed by atoms with E-state index in [1.807, 2.05) is 6.08 Å². The fourth-order valence-corrected chi connectivity index (χ4v) is 1.58. The van der Waals surface area contributed by atoms with Crippen molar-refractivity contribution >= 4 is 0 Å². The standard InChI is InChI=1S/C12H18/c1-4-10(3)12-8-6-11(5-2)7-9-12/h5-6H,2,4,7-9H2,1,3H3/b12-10-. The molecule has 1 aliphatic rings. The van der Waals surface area contributed by atoms with E-state index in [1.54, 1.807) is 11.1 Å². The quantitative estimate of drug-likeness (QED) is 0.538. The number of rotatable bonds is 2. The van der Waals surface area contributed by atoms with E-state index in [-0.39, 0.29) is 0 Å². The van der Waals surface area contributed by atoms with Crippen LogP contribution >= 0.6 is 0 Å². The molecule has 0 aromatic carbocycles. The summed E-state index contributed by atoms with van der Waals surface area (Å²) in [6.45, 7) is 8.27. The Labute approximate surface area is 75.7 Å². The van der Waals surface area contributed by atoms with Gasteiger partial charge in [0, 0.05) is 0 Å². The maximum atomic E-state index is 3.79. The highest BCUT2D eigenvalue weighted by Gasteiger charge is 2.06. The van der Waals surface area contributed by atoms with Gasteiger partial charge in [0.2, 0.25) is 0 Å². The monoisotopic (exact) mass is 162 g/mol. The van der Waals surface area contributed by atoms with Crippen LogP contribution < -0.4 is 0 Å². The van der Waals surface area contributed by atoms with Gasteiger partial charge < -0.3 is 0 Å². The van der Waals surface area contributed by atoms with Gasteiger partial charge in [0.15, 0.2) is 0 Å².